The molecule has 21 heavy (non-hydrogen) atoms. The van der Waals surface area contributed by atoms with E-state index in [1.807, 2.05) is 43.3 Å². The fraction of sp³-hybridized carbons (Fsp3) is 0.294. The van der Waals surface area contributed by atoms with Gasteiger partial charge < -0.3 is 10.6 Å². The number of hydrogen-bond donors (Lipinski definition) is 2. The highest BCUT2D eigenvalue weighted by Gasteiger charge is 2.05. The van der Waals surface area contributed by atoms with Crippen molar-refractivity contribution >= 4 is 17.4 Å². The molecule has 4 nitrogen and oxygen atoms in total. The van der Waals surface area contributed by atoms with E-state index in [-0.39, 0.29) is 5.91 Å². The van der Waals surface area contributed by atoms with Crippen molar-refractivity contribution in [2.24, 2.45) is 0 Å². The van der Waals surface area contributed by atoms with Crippen molar-refractivity contribution in [1.82, 2.24) is 4.98 Å². The van der Waals surface area contributed by atoms with Gasteiger partial charge in [0.1, 0.15) is 5.82 Å². The number of carbonyl (C=O) groups is 1. The number of rotatable bonds is 5. The Morgan fingerprint density at radius 3 is 2.43 bits per heavy atom. The zero-order chi connectivity index (χ0) is 15.2. The van der Waals surface area contributed by atoms with E-state index in [9.17, 15) is 4.79 Å². The van der Waals surface area contributed by atoms with E-state index in [1.54, 1.807) is 6.20 Å². The minimum atomic E-state index is -0.0368. The Labute approximate surface area is 125 Å². The van der Waals surface area contributed by atoms with Crippen LogP contribution in [0.4, 0.5) is 11.5 Å². The molecule has 0 unspecified atom stereocenters. The number of aryl methyl sites for hydroxylation is 1. The Kier molecular flexibility index (Phi) is 4.93. The molecular formula is C17H21N3O. The maximum absolute atomic E-state index is 12.0. The fourth-order valence-corrected chi connectivity index (χ4v) is 1.95. The molecule has 0 bridgehead atoms. The molecule has 1 amide bonds. The lowest BCUT2D eigenvalue weighted by molar-refractivity contribution is -0.115. The molecule has 0 fully saturated rings. The van der Waals surface area contributed by atoms with E-state index in [0.29, 0.717) is 18.2 Å². The van der Waals surface area contributed by atoms with Crippen molar-refractivity contribution < 1.29 is 4.79 Å². The summed E-state index contributed by atoms with van der Waals surface area (Å²) in [6.45, 7) is 6.14. The second-order valence-electron chi connectivity index (χ2n) is 5.44. The average molecular weight is 283 g/mol. The lowest BCUT2D eigenvalue weighted by Gasteiger charge is -2.10. The average Bonchev–Trinajstić information content (AvgIpc) is 2.43. The Hall–Kier alpha value is -2.36. The zero-order valence-electron chi connectivity index (χ0n) is 12.7. The molecule has 1 aromatic carbocycles. The van der Waals surface area contributed by atoms with E-state index in [2.05, 4.69) is 29.5 Å². The van der Waals surface area contributed by atoms with E-state index in [1.165, 1.54) is 5.56 Å². The topological polar surface area (TPSA) is 54.0 Å². The van der Waals surface area contributed by atoms with E-state index in [4.69, 9.17) is 0 Å². The van der Waals surface area contributed by atoms with E-state index < -0.39 is 0 Å². The fourth-order valence-electron chi connectivity index (χ4n) is 1.95. The zero-order valence-corrected chi connectivity index (χ0v) is 12.7. The van der Waals surface area contributed by atoms with E-state index in [0.717, 1.165) is 11.4 Å². The summed E-state index contributed by atoms with van der Waals surface area (Å²) in [7, 11) is 0. The first-order valence-corrected chi connectivity index (χ1v) is 7.11. The molecule has 0 spiro atoms. The minimum absolute atomic E-state index is 0.0368. The van der Waals surface area contributed by atoms with Gasteiger partial charge in [-0.3, -0.25) is 4.79 Å². The Morgan fingerprint density at radius 2 is 1.86 bits per heavy atom. The number of benzene rings is 1. The number of nitrogens with zero attached hydrogens (tertiary/aromatic N) is 1. The molecule has 1 aromatic heterocycles. The van der Waals surface area contributed by atoms with Crippen LogP contribution in [0.2, 0.25) is 0 Å². The third-order valence-electron chi connectivity index (χ3n) is 2.97. The predicted molar refractivity (Wildman–Crippen MR) is 86.5 cm³/mol. The maximum Gasteiger partial charge on any atom is 0.228 e. The summed E-state index contributed by atoms with van der Waals surface area (Å²) >= 11 is 0. The van der Waals surface area contributed by atoms with Gasteiger partial charge in [-0.1, -0.05) is 29.8 Å². The normalized spacial score (nSPS) is 10.5. The Balaban J connectivity index is 1.91. The van der Waals surface area contributed by atoms with Crippen LogP contribution in [0.1, 0.15) is 25.0 Å². The number of carbonyl (C=O) groups excluding carboxylic acids is 1. The van der Waals surface area contributed by atoms with Crippen molar-refractivity contribution in [3.05, 3.63) is 53.7 Å². The molecule has 2 aromatic rings. The van der Waals surface area contributed by atoms with Crippen LogP contribution < -0.4 is 10.6 Å². The van der Waals surface area contributed by atoms with Crippen molar-refractivity contribution in [2.75, 3.05) is 10.6 Å². The molecule has 0 atom stereocenters. The number of amides is 1. The molecule has 4 heteroatoms. The number of aromatic nitrogens is 1. The molecule has 0 saturated heterocycles. The van der Waals surface area contributed by atoms with Gasteiger partial charge in [0.05, 0.1) is 18.3 Å². The summed E-state index contributed by atoms with van der Waals surface area (Å²) in [4.78, 5) is 16.2. The van der Waals surface area contributed by atoms with Gasteiger partial charge in [-0.2, -0.15) is 0 Å². The quantitative estimate of drug-likeness (QED) is 0.884. The molecule has 1 heterocycles. The van der Waals surface area contributed by atoms with Gasteiger partial charge >= 0.3 is 0 Å². The number of nitrogens with one attached hydrogen (secondary N) is 2. The smallest absolute Gasteiger partial charge is 0.228 e. The molecule has 0 aliphatic rings. The van der Waals surface area contributed by atoms with Crippen molar-refractivity contribution in [1.29, 1.82) is 0 Å². The number of anilines is 2. The molecule has 2 N–H and O–H groups in total. The minimum Gasteiger partial charge on any atom is -0.368 e. The van der Waals surface area contributed by atoms with E-state index >= 15 is 0 Å². The summed E-state index contributed by atoms with van der Waals surface area (Å²) in [5, 5.41) is 6.06. The summed E-state index contributed by atoms with van der Waals surface area (Å²) in [6.07, 6.45) is 2.03. The van der Waals surface area contributed by atoms with Gasteiger partial charge in [-0.25, -0.2) is 4.98 Å². The molecule has 2 rings (SSSR count). The van der Waals surface area contributed by atoms with Gasteiger partial charge in [0, 0.05) is 6.04 Å². The third kappa shape index (κ3) is 4.91. The SMILES string of the molecule is Cc1ccc(CC(=O)Nc2ccc(NC(C)C)nc2)cc1. The molecule has 0 aliphatic carbocycles. The van der Waals surface area contributed by atoms with Crippen LogP contribution in [0.5, 0.6) is 0 Å². The van der Waals surface area contributed by atoms with Gasteiger partial charge in [0.2, 0.25) is 5.91 Å². The van der Waals surface area contributed by atoms with Gasteiger partial charge in [0.25, 0.3) is 0 Å². The summed E-state index contributed by atoms with van der Waals surface area (Å²) in [5.41, 5.74) is 2.90. The maximum atomic E-state index is 12.0. The van der Waals surface area contributed by atoms with Crippen LogP contribution in [0.3, 0.4) is 0 Å². The summed E-state index contributed by atoms with van der Waals surface area (Å²) in [6, 6.07) is 12.0. The highest BCUT2D eigenvalue weighted by molar-refractivity contribution is 5.92. The Bertz CT molecular complexity index is 588. The highest BCUT2D eigenvalue weighted by Crippen LogP contribution is 2.11. The lowest BCUT2D eigenvalue weighted by Crippen LogP contribution is -2.15. The van der Waals surface area contributed by atoms with Crippen LogP contribution in [0, 0.1) is 6.92 Å². The van der Waals surface area contributed by atoms with Gasteiger partial charge in [0.15, 0.2) is 0 Å². The second kappa shape index (κ2) is 6.88. The van der Waals surface area contributed by atoms with Crippen molar-refractivity contribution in [3.63, 3.8) is 0 Å². The van der Waals surface area contributed by atoms with Crippen molar-refractivity contribution in [2.45, 2.75) is 33.2 Å². The molecule has 0 aliphatic heterocycles. The van der Waals surface area contributed by atoms with Crippen LogP contribution in [-0.2, 0) is 11.2 Å². The van der Waals surface area contributed by atoms with Crippen LogP contribution >= 0.6 is 0 Å². The molecular weight excluding hydrogens is 262 g/mol. The van der Waals surface area contributed by atoms with Crippen molar-refractivity contribution in [3.8, 4) is 0 Å². The lowest BCUT2D eigenvalue weighted by atomic mass is 10.1. The van der Waals surface area contributed by atoms with Crippen LogP contribution in [0.25, 0.3) is 0 Å². The van der Waals surface area contributed by atoms with Gasteiger partial charge in [-0.15, -0.1) is 0 Å². The van der Waals surface area contributed by atoms with Crippen LogP contribution in [-0.4, -0.2) is 16.9 Å². The first kappa shape index (κ1) is 15.0. The second-order valence-corrected chi connectivity index (χ2v) is 5.44. The first-order chi connectivity index (χ1) is 10.0. The Morgan fingerprint density at radius 1 is 1.14 bits per heavy atom. The van der Waals surface area contributed by atoms with Gasteiger partial charge in [-0.05, 0) is 38.5 Å². The van der Waals surface area contributed by atoms with Crippen LogP contribution in [0.15, 0.2) is 42.6 Å². The molecule has 110 valence electrons. The monoisotopic (exact) mass is 283 g/mol. The summed E-state index contributed by atoms with van der Waals surface area (Å²) in [5.74, 6) is 0.770. The number of pyridine rings is 1. The highest BCUT2D eigenvalue weighted by atomic mass is 16.1. The molecule has 0 radical (unpaired) electrons. The third-order valence-corrected chi connectivity index (χ3v) is 2.97. The largest absolute Gasteiger partial charge is 0.368 e. The summed E-state index contributed by atoms with van der Waals surface area (Å²) < 4.78 is 0. The first-order valence-electron chi connectivity index (χ1n) is 7.11. The predicted octanol–water partition coefficient (Wildman–Crippen LogP) is 3.39. The number of hydrogen-bond acceptors (Lipinski definition) is 3. The standard InChI is InChI=1S/C17H21N3O/c1-12(2)19-16-9-8-15(11-18-16)20-17(21)10-14-6-4-13(3)5-7-14/h4-9,11-12H,10H2,1-3H3,(H,18,19)(H,20,21). The molecule has 0 saturated carbocycles.